The van der Waals surface area contributed by atoms with Crippen LogP contribution in [-0.4, -0.2) is 30.5 Å². The molecule has 0 bridgehead atoms. The number of nitrogens with zero attached hydrogens (tertiary/aromatic N) is 1. The van der Waals surface area contributed by atoms with Gasteiger partial charge in [-0.15, -0.1) is 0 Å². The maximum atomic E-state index is 12.7. The van der Waals surface area contributed by atoms with Crippen molar-refractivity contribution in [1.82, 2.24) is 9.88 Å². The molecule has 0 amide bonds. The topological polar surface area (TPSA) is 43.3 Å². The van der Waals surface area contributed by atoms with E-state index in [-0.39, 0.29) is 5.78 Å². The van der Waals surface area contributed by atoms with E-state index in [9.17, 15) is 4.79 Å². The van der Waals surface area contributed by atoms with E-state index in [0.717, 1.165) is 30.0 Å². The van der Waals surface area contributed by atoms with Crippen LogP contribution in [0.15, 0.2) is 30.3 Å². The van der Waals surface area contributed by atoms with Crippen LogP contribution >= 0.6 is 0 Å². The molecule has 4 heteroatoms. The second kappa shape index (κ2) is 8.54. The Balaban J connectivity index is 1.54. The lowest BCUT2D eigenvalue weighted by atomic mass is 10.1. The quantitative estimate of drug-likeness (QED) is 0.569. The van der Waals surface area contributed by atoms with Gasteiger partial charge >= 0.3 is 0 Å². The number of ketones is 1. The van der Waals surface area contributed by atoms with Gasteiger partial charge in [0.05, 0.1) is 13.7 Å². The zero-order chi connectivity index (χ0) is 18.5. The number of nitrogens with one attached hydrogen (secondary N) is 1. The first kappa shape index (κ1) is 18.7. The molecule has 0 aliphatic heterocycles. The fourth-order valence-corrected chi connectivity index (χ4v) is 4.14. The lowest BCUT2D eigenvalue weighted by Crippen LogP contribution is -2.25. The average molecular weight is 354 g/mol. The van der Waals surface area contributed by atoms with Crippen LogP contribution < -0.4 is 10.1 Å². The van der Waals surface area contributed by atoms with Crippen LogP contribution in [0, 0.1) is 13.8 Å². The van der Waals surface area contributed by atoms with Crippen molar-refractivity contribution < 1.29 is 9.53 Å². The van der Waals surface area contributed by atoms with E-state index in [0.29, 0.717) is 12.6 Å². The number of methoxy groups -OCH3 is 1. The Bertz CT molecular complexity index is 757. The Labute approximate surface area is 156 Å². The Kier molecular flexibility index (Phi) is 6.15. The van der Waals surface area contributed by atoms with Crippen LogP contribution in [0.25, 0.3) is 0 Å². The molecule has 1 aromatic heterocycles. The third-order valence-electron chi connectivity index (χ3n) is 5.48. The minimum atomic E-state index is 0.188. The summed E-state index contributed by atoms with van der Waals surface area (Å²) in [4.78, 5) is 12.7. The fraction of sp³-hybridized carbons (Fsp3) is 0.500. The van der Waals surface area contributed by atoms with E-state index in [2.05, 4.69) is 35.9 Å². The standard InChI is InChI=1S/C22H30N2O2/c1-16-13-21(17(2)24(16)19-8-4-5-9-19)22(25)15-23-12-11-18-7-6-10-20(14-18)26-3/h6-7,10,13-14,19,23H,4-5,8-9,11-12,15H2,1-3H3. The monoisotopic (exact) mass is 354 g/mol. The molecular weight excluding hydrogens is 324 g/mol. The number of Topliss-reactive ketones (excluding diaryl/α,β-unsaturated/α-hetero) is 1. The summed E-state index contributed by atoms with van der Waals surface area (Å²) in [5.41, 5.74) is 4.44. The van der Waals surface area contributed by atoms with E-state index in [1.165, 1.54) is 36.9 Å². The van der Waals surface area contributed by atoms with Gasteiger partial charge in [0.25, 0.3) is 0 Å². The third kappa shape index (κ3) is 4.18. The summed E-state index contributed by atoms with van der Waals surface area (Å²) in [6.07, 6.45) is 5.96. The summed E-state index contributed by atoms with van der Waals surface area (Å²) in [7, 11) is 1.68. The molecule has 0 unspecified atom stereocenters. The highest BCUT2D eigenvalue weighted by Crippen LogP contribution is 2.33. The zero-order valence-electron chi connectivity index (χ0n) is 16.2. The van der Waals surface area contributed by atoms with Crippen LogP contribution in [-0.2, 0) is 6.42 Å². The third-order valence-corrected chi connectivity index (χ3v) is 5.48. The van der Waals surface area contributed by atoms with Gasteiger partial charge in [0, 0.05) is 23.0 Å². The molecule has 0 saturated heterocycles. The zero-order valence-corrected chi connectivity index (χ0v) is 16.2. The lowest BCUT2D eigenvalue weighted by Gasteiger charge is -2.17. The number of carbonyl (C=O) groups excluding carboxylic acids is 1. The summed E-state index contributed by atoms with van der Waals surface area (Å²) in [6.45, 7) is 5.38. The summed E-state index contributed by atoms with van der Waals surface area (Å²) in [6, 6.07) is 10.7. The van der Waals surface area contributed by atoms with Crippen LogP contribution in [0.4, 0.5) is 0 Å². The molecule has 1 heterocycles. The minimum Gasteiger partial charge on any atom is -0.497 e. The van der Waals surface area contributed by atoms with Gasteiger partial charge in [-0.3, -0.25) is 4.79 Å². The van der Waals surface area contributed by atoms with Gasteiger partial charge in [-0.1, -0.05) is 25.0 Å². The lowest BCUT2D eigenvalue weighted by molar-refractivity contribution is 0.0990. The molecule has 3 rings (SSSR count). The van der Waals surface area contributed by atoms with E-state index < -0.39 is 0 Å². The molecule has 1 saturated carbocycles. The normalized spacial score (nSPS) is 14.7. The average Bonchev–Trinajstić information content (AvgIpc) is 3.26. The molecule has 0 spiro atoms. The van der Waals surface area contributed by atoms with Crippen molar-refractivity contribution in [3.8, 4) is 5.75 Å². The number of benzene rings is 1. The van der Waals surface area contributed by atoms with Gasteiger partial charge in [-0.2, -0.15) is 0 Å². The predicted molar refractivity (Wildman–Crippen MR) is 105 cm³/mol. The molecule has 1 aliphatic rings. The smallest absolute Gasteiger partial charge is 0.178 e. The number of carbonyl (C=O) groups is 1. The predicted octanol–water partition coefficient (Wildman–Crippen LogP) is 4.24. The van der Waals surface area contributed by atoms with Crippen LogP contribution in [0.2, 0.25) is 0 Å². The highest BCUT2D eigenvalue weighted by molar-refractivity contribution is 5.99. The minimum absolute atomic E-state index is 0.188. The Morgan fingerprint density at radius 2 is 2.00 bits per heavy atom. The summed E-state index contributed by atoms with van der Waals surface area (Å²) in [5.74, 6) is 1.06. The Morgan fingerprint density at radius 1 is 1.23 bits per heavy atom. The molecule has 1 fully saturated rings. The Hall–Kier alpha value is -2.07. The second-order valence-electron chi connectivity index (χ2n) is 7.29. The number of hydrogen-bond acceptors (Lipinski definition) is 3. The van der Waals surface area contributed by atoms with Crippen molar-refractivity contribution in [1.29, 1.82) is 0 Å². The molecule has 2 aromatic rings. The summed E-state index contributed by atoms with van der Waals surface area (Å²) < 4.78 is 7.63. The van der Waals surface area contributed by atoms with Crippen molar-refractivity contribution >= 4 is 5.78 Å². The van der Waals surface area contributed by atoms with Crippen molar-refractivity contribution in [3.05, 3.63) is 52.8 Å². The van der Waals surface area contributed by atoms with Crippen LogP contribution in [0.3, 0.4) is 0 Å². The number of aryl methyl sites for hydroxylation is 1. The molecule has 0 atom stereocenters. The molecule has 26 heavy (non-hydrogen) atoms. The molecule has 4 nitrogen and oxygen atoms in total. The van der Waals surface area contributed by atoms with E-state index in [1.807, 2.05) is 18.2 Å². The van der Waals surface area contributed by atoms with Gasteiger partial charge in [0.1, 0.15) is 5.75 Å². The highest BCUT2D eigenvalue weighted by atomic mass is 16.5. The summed E-state index contributed by atoms with van der Waals surface area (Å²) >= 11 is 0. The maximum absolute atomic E-state index is 12.7. The first-order valence-corrected chi connectivity index (χ1v) is 9.65. The van der Waals surface area contributed by atoms with Gasteiger partial charge in [0.15, 0.2) is 5.78 Å². The Morgan fingerprint density at radius 3 is 2.73 bits per heavy atom. The van der Waals surface area contributed by atoms with E-state index in [1.54, 1.807) is 7.11 Å². The maximum Gasteiger partial charge on any atom is 0.178 e. The van der Waals surface area contributed by atoms with Gasteiger partial charge in [0.2, 0.25) is 0 Å². The van der Waals surface area contributed by atoms with Crippen molar-refractivity contribution in [2.24, 2.45) is 0 Å². The largest absolute Gasteiger partial charge is 0.497 e. The van der Waals surface area contributed by atoms with Crippen molar-refractivity contribution in [2.45, 2.75) is 52.0 Å². The number of ether oxygens (including phenoxy) is 1. The fourth-order valence-electron chi connectivity index (χ4n) is 4.14. The van der Waals surface area contributed by atoms with Gasteiger partial charge in [-0.25, -0.2) is 0 Å². The van der Waals surface area contributed by atoms with Gasteiger partial charge < -0.3 is 14.6 Å². The summed E-state index contributed by atoms with van der Waals surface area (Å²) in [5, 5.41) is 3.30. The number of aromatic nitrogens is 1. The van der Waals surface area contributed by atoms with Crippen LogP contribution in [0.1, 0.15) is 59.0 Å². The molecular formula is C22H30N2O2. The molecule has 140 valence electrons. The number of rotatable bonds is 8. The molecule has 1 aromatic carbocycles. The van der Waals surface area contributed by atoms with Crippen LogP contribution in [0.5, 0.6) is 5.75 Å². The van der Waals surface area contributed by atoms with E-state index in [4.69, 9.17) is 4.74 Å². The van der Waals surface area contributed by atoms with E-state index >= 15 is 0 Å². The first-order valence-electron chi connectivity index (χ1n) is 9.65. The van der Waals surface area contributed by atoms with Crippen molar-refractivity contribution in [3.63, 3.8) is 0 Å². The molecule has 0 radical (unpaired) electrons. The van der Waals surface area contributed by atoms with Gasteiger partial charge in [-0.05, 0) is 63.4 Å². The molecule has 1 aliphatic carbocycles. The number of hydrogen-bond donors (Lipinski definition) is 1. The highest BCUT2D eigenvalue weighted by Gasteiger charge is 2.23. The SMILES string of the molecule is COc1cccc(CCNCC(=O)c2cc(C)n(C3CCCC3)c2C)c1. The second-order valence-corrected chi connectivity index (χ2v) is 7.29. The molecule has 1 N–H and O–H groups in total. The van der Waals surface area contributed by atoms with Crippen molar-refractivity contribution in [2.75, 3.05) is 20.2 Å². The first-order chi connectivity index (χ1) is 12.6.